The summed E-state index contributed by atoms with van der Waals surface area (Å²) in [5.41, 5.74) is 1.26. The molecule has 0 bridgehead atoms. The second-order valence-corrected chi connectivity index (χ2v) is 8.20. The standard InChI is InChI=1S/C18H18FN3O2S2/c1-11(16(23)21(2)10-12-5-4-6-13(19)9-12)26-18-20-14-7-8-25-15(14)17(24)22(18)3/h4-9,11H,10H2,1-3H3. The Bertz CT molecular complexity index is 1020. The zero-order valence-corrected chi connectivity index (χ0v) is 16.2. The fourth-order valence-electron chi connectivity index (χ4n) is 2.58. The number of fused-ring (bicyclic) bond motifs is 1. The van der Waals surface area contributed by atoms with E-state index in [9.17, 15) is 14.0 Å². The molecule has 0 fully saturated rings. The topological polar surface area (TPSA) is 55.2 Å². The van der Waals surface area contributed by atoms with Gasteiger partial charge in [-0.25, -0.2) is 9.37 Å². The Hall–Kier alpha value is -2.19. The number of amides is 1. The first-order valence-electron chi connectivity index (χ1n) is 7.97. The molecule has 26 heavy (non-hydrogen) atoms. The summed E-state index contributed by atoms with van der Waals surface area (Å²) in [6, 6.07) is 7.99. The molecule has 2 aromatic heterocycles. The third kappa shape index (κ3) is 3.81. The van der Waals surface area contributed by atoms with Gasteiger partial charge in [-0.3, -0.25) is 14.2 Å². The van der Waals surface area contributed by atoms with Gasteiger partial charge >= 0.3 is 0 Å². The molecule has 8 heteroatoms. The molecule has 5 nitrogen and oxygen atoms in total. The van der Waals surface area contributed by atoms with Crippen LogP contribution in [0.15, 0.2) is 45.7 Å². The average Bonchev–Trinajstić information content (AvgIpc) is 3.07. The summed E-state index contributed by atoms with van der Waals surface area (Å²) < 4.78 is 15.4. The molecular weight excluding hydrogens is 373 g/mol. The Morgan fingerprint density at radius 2 is 2.19 bits per heavy atom. The van der Waals surface area contributed by atoms with Crippen LogP contribution in [0, 0.1) is 5.82 Å². The van der Waals surface area contributed by atoms with Crippen LogP contribution < -0.4 is 5.56 Å². The summed E-state index contributed by atoms with van der Waals surface area (Å²) in [5, 5.41) is 1.90. The number of hydrogen-bond donors (Lipinski definition) is 0. The number of hydrogen-bond acceptors (Lipinski definition) is 5. The highest BCUT2D eigenvalue weighted by atomic mass is 32.2. The van der Waals surface area contributed by atoms with Crippen molar-refractivity contribution < 1.29 is 9.18 Å². The van der Waals surface area contributed by atoms with Crippen LogP contribution in [-0.2, 0) is 18.4 Å². The third-order valence-electron chi connectivity index (χ3n) is 3.96. The van der Waals surface area contributed by atoms with E-state index in [0.29, 0.717) is 21.9 Å². The van der Waals surface area contributed by atoms with E-state index in [2.05, 4.69) is 4.98 Å². The van der Waals surface area contributed by atoms with Crippen LogP contribution in [0.25, 0.3) is 10.2 Å². The van der Waals surface area contributed by atoms with Gasteiger partial charge in [0.15, 0.2) is 5.16 Å². The molecule has 1 aromatic carbocycles. The Kier molecular flexibility index (Phi) is 5.43. The summed E-state index contributed by atoms with van der Waals surface area (Å²) in [6.07, 6.45) is 0. The van der Waals surface area contributed by atoms with Crippen molar-refractivity contribution in [3.05, 3.63) is 57.4 Å². The van der Waals surface area contributed by atoms with Crippen molar-refractivity contribution in [3.8, 4) is 0 Å². The van der Waals surface area contributed by atoms with Crippen molar-refractivity contribution in [1.82, 2.24) is 14.5 Å². The molecule has 0 saturated heterocycles. The van der Waals surface area contributed by atoms with Gasteiger partial charge in [0.1, 0.15) is 10.5 Å². The van der Waals surface area contributed by atoms with Gasteiger partial charge in [0.05, 0.1) is 10.8 Å². The summed E-state index contributed by atoms with van der Waals surface area (Å²) in [5.74, 6) is -0.437. The highest BCUT2D eigenvalue weighted by molar-refractivity contribution is 8.00. The second-order valence-electron chi connectivity index (χ2n) is 5.98. The van der Waals surface area contributed by atoms with Crippen LogP contribution in [0.4, 0.5) is 4.39 Å². The molecule has 0 aliphatic carbocycles. The molecule has 0 spiro atoms. The quantitative estimate of drug-likeness (QED) is 0.495. The molecule has 0 aliphatic rings. The number of thioether (sulfide) groups is 1. The van der Waals surface area contributed by atoms with Crippen molar-refractivity contribution in [2.45, 2.75) is 23.9 Å². The van der Waals surface area contributed by atoms with E-state index in [1.165, 1.54) is 39.8 Å². The SMILES string of the molecule is CC(Sc1nc2ccsc2c(=O)n1C)C(=O)N(C)Cc1cccc(F)c1. The van der Waals surface area contributed by atoms with E-state index in [1.807, 2.05) is 5.38 Å². The van der Waals surface area contributed by atoms with Gasteiger partial charge in [0.2, 0.25) is 5.91 Å². The number of thiophene rings is 1. The van der Waals surface area contributed by atoms with E-state index in [4.69, 9.17) is 0 Å². The predicted octanol–water partition coefficient (Wildman–Crippen LogP) is 3.27. The van der Waals surface area contributed by atoms with E-state index in [-0.39, 0.29) is 17.3 Å². The second kappa shape index (κ2) is 7.59. The van der Waals surface area contributed by atoms with Crippen LogP contribution >= 0.6 is 23.1 Å². The lowest BCUT2D eigenvalue weighted by Gasteiger charge is -2.21. The summed E-state index contributed by atoms with van der Waals surface area (Å²) in [6.45, 7) is 2.09. The fourth-order valence-corrected chi connectivity index (χ4v) is 4.37. The molecule has 3 aromatic rings. The number of benzene rings is 1. The van der Waals surface area contributed by atoms with E-state index < -0.39 is 5.25 Å². The highest BCUT2D eigenvalue weighted by Crippen LogP contribution is 2.24. The van der Waals surface area contributed by atoms with Crippen LogP contribution in [0.1, 0.15) is 12.5 Å². The van der Waals surface area contributed by atoms with Gasteiger partial charge in [-0.2, -0.15) is 0 Å². The largest absolute Gasteiger partial charge is 0.340 e. The average molecular weight is 391 g/mol. The molecule has 1 unspecified atom stereocenters. The Labute approximate surface area is 158 Å². The zero-order valence-electron chi connectivity index (χ0n) is 14.6. The number of aromatic nitrogens is 2. The van der Waals surface area contributed by atoms with E-state index in [1.54, 1.807) is 44.1 Å². The van der Waals surface area contributed by atoms with Crippen molar-refractivity contribution in [2.75, 3.05) is 7.05 Å². The number of halogens is 1. The number of nitrogens with zero attached hydrogens (tertiary/aromatic N) is 3. The van der Waals surface area contributed by atoms with Crippen LogP contribution in [-0.4, -0.2) is 32.7 Å². The number of carbonyl (C=O) groups excluding carboxylic acids is 1. The summed E-state index contributed by atoms with van der Waals surface area (Å²) in [4.78, 5) is 31.0. The Morgan fingerprint density at radius 1 is 1.42 bits per heavy atom. The number of rotatable bonds is 5. The monoisotopic (exact) mass is 391 g/mol. The highest BCUT2D eigenvalue weighted by Gasteiger charge is 2.21. The summed E-state index contributed by atoms with van der Waals surface area (Å²) in [7, 11) is 3.34. The van der Waals surface area contributed by atoms with Crippen LogP contribution in [0.2, 0.25) is 0 Å². The van der Waals surface area contributed by atoms with Gasteiger partial charge in [0, 0.05) is 20.6 Å². The molecule has 0 N–H and O–H groups in total. The van der Waals surface area contributed by atoms with Crippen LogP contribution in [0.3, 0.4) is 0 Å². The van der Waals surface area contributed by atoms with Crippen molar-refractivity contribution in [3.63, 3.8) is 0 Å². The van der Waals surface area contributed by atoms with E-state index >= 15 is 0 Å². The minimum atomic E-state index is -0.428. The molecule has 0 aliphatic heterocycles. The Balaban J connectivity index is 1.75. The van der Waals surface area contributed by atoms with Gasteiger partial charge in [0.25, 0.3) is 5.56 Å². The molecule has 1 amide bonds. The molecule has 3 rings (SSSR count). The van der Waals surface area contributed by atoms with Gasteiger partial charge in [-0.05, 0) is 36.1 Å². The number of carbonyl (C=O) groups is 1. The van der Waals surface area contributed by atoms with Gasteiger partial charge in [-0.1, -0.05) is 23.9 Å². The first-order valence-corrected chi connectivity index (χ1v) is 9.73. The van der Waals surface area contributed by atoms with Crippen LogP contribution in [0.5, 0.6) is 0 Å². The first-order chi connectivity index (χ1) is 12.4. The zero-order chi connectivity index (χ0) is 18.8. The molecule has 0 saturated carbocycles. The lowest BCUT2D eigenvalue weighted by Crippen LogP contribution is -2.33. The van der Waals surface area contributed by atoms with Gasteiger partial charge in [-0.15, -0.1) is 11.3 Å². The lowest BCUT2D eigenvalue weighted by molar-refractivity contribution is -0.129. The summed E-state index contributed by atoms with van der Waals surface area (Å²) >= 11 is 2.60. The molecule has 1 atom stereocenters. The van der Waals surface area contributed by atoms with Crippen molar-refractivity contribution in [1.29, 1.82) is 0 Å². The minimum Gasteiger partial charge on any atom is -0.340 e. The van der Waals surface area contributed by atoms with Crippen molar-refractivity contribution in [2.24, 2.45) is 7.05 Å². The maximum Gasteiger partial charge on any atom is 0.271 e. The molecule has 0 radical (unpaired) electrons. The lowest BCUT2D eigenvalue weighted by atomic mass is 10.2. The first kappa shape index (κ1) is 18.6. The predicted molar refractivity (Wildman–Crippen MR) is 103 cm³/mol. The maximum atomic E-state index is 13.3. The van der Waals surface area contributed by atoms with Gasteiger partial charge < -0.3 is 4.90 Å². The normalized spacial score (nSPS) is 12.3. The smallest absolute Gasteiger partial charge is 0.271 e. The molecular formula is C18H18FN3O2S2. The molecule has 136 valence electrons. The minimum absolute atomic E-state index is 0.111. The maximum absolute atomic E-state index is 13.3. The fraction of sp³-hybridized carbons (Fsp3) is 0.278. The Morgan fingerprint density at radius 3 is 2.92 bits per heavy atom. The van der Waals surface area contributed by atoms with E-state index in [0.717, 1.165) is 5.56 Å². The third-order valence-corrected chi connectivity index (χ3v) is 5.98. The molecule has 2 heterocycles. The van der Waals surface area contributed by atoms with Crippen molar-refractivity contribution >= 4 is 39.2 Å².